The van der Waals surface area contributed by atoms with Crippen LogP contribution >= 0.6 is 0 Å². The minimum absolute atomic E-state index is 0.811. The first-order valence-electron chi connectivity index (χ1n) is 7.99. The Kier molecular flexibility index (Phi) is 7.44. The Balaban J connectivity index is 1.72. The summed E-state index contributed by atoms with van der Waals surface area (Å²) in [6.45, 7) is 7.87. The molecule has 0 aromatic heterocycles. The van der Waals surface area contributed by atoms with E-state index in [1.54, 1.807) is 0 Å². The summed E-state index contributed by atoms with van der Waals surface area (Å²) in [6, 6.07) is 0. The molecule has 19 heavy (non-hydrogen) atoms. The van der Waals surface area contributed by atoms with E-state index in [4.69, 9.17) is 9.22 Å². The summed E-state index contributed by atoms with van der Waals surface area (Å²) in [5, 5.41) is 0. The first-order chi connectivity index (χ1) is 9.35. The normalized spacial score (nSPS) is 31.7. The Morgan fingerprint density at radius 1 is 0.789 bits per heavy atom. The number of nitrogens with zero attached hydrogens (tertiary/aromatic N) is 1. The van der Waals surface area contributed by atoms with Crippen molar-refractivity contribution in [3.8, 4) is 0 Å². The fourth-order valence-electron chi connectivity index (χ4n) is 2.79. The van der Waals surface area contributed by atoms with Crippen LogP contribution in [0, 0.1) is 0 Å². The zero-order chi connectivity index (χ0) is 13.4. The van der Waals surface area contributed by atoms with Gasteiger partial charge in [0.25, 0.3) is 0 Å². The van der Waals surface area contributed by atoms with Gasteiger partial charge >= 0.3 is 123 Å². The van der Waals surface area contributed by atoms with Crippen LogP contribution in [0.2, 0.25) is 4.44 Å². The van der Waals surface area contributed by atoms with Crippen molar-refractivity contribution in [3.63, 3.8) is 0 Å². The average molecular weight is 378 g/mol. The summed E-state index contributed by atoms with van der Waals surface area (Å²) < 4.78 is 19.4. The van der Waals surface area contributed by atoms with Gasteiger partial charge in [0, 0.05) is 0 Å². The van der Waals surface area contributed by atoms with E-state index in [0.29, 0.717) is 0 Å². The summed E-state index contributed by atoms with van der Waals surface area (Å²) in [5.41, 5.74) is 0. The fraction of sp³-hybridized carbons (Fsp3) is 1.00. The van der Waals surface area contributed by atoms with Crippen LogP contribution in [-0.4, -0.2) is 64.0 Å². The van der Waals surface area contributed by atoms with Crippen LogP contribution in [0.4, 0.5) is 0 Å². The Bertz CT molecular complexity index is 226. The van der Waals surface area contributed by atoms with Crippen molar-refractivity contribution in [2.24, 2.45) is 0 Å². The van der Waals surface area contributed by atoms with Crippen LogP contribution in [0.15, 0.2) is 0 Å². The van der Waals surface area contributed by atoms with Gasteiger partial charge in [-0.1, -0.05) is 0 Å². The monoisotopic (exact) mass is 379 g/mol. The van der Waals surface area contributed by atoms with Crippen LogP contribution < -0.4 is 0 Å². The molecular weight excluding hydrogens is 349 g/mol. The van der Waals surface area contributed by atoms with Gasteiger partial charge in [-0.05, 0) is 0 Å². The molecule has 3 heterocycles. The van der Waals surface area contributed by atoms with Gasteiger partial charge in [0.05, 0.1) is 0 Å². The molecule has 0 radical (unpaired) electrons. The molecule has 0 atom stereocenters. The number of rotatable bonds is 7. The fourth-order valence-corrected chi connectivity index (χ4v) is 10.1. The molecule has 0 N–H and O–H groups in total. The molecule has 5 heteroatoms. The quantitative estimate of drug-likeness (QED) is 0.504. The van der Waals surface area contributed by atoms with Gasteiger partial charge in [0.1, 0.15) is 0 Å². The first kappa shape index (κ1) is 16.0. The van der Waals surface area contributed by atoms with Crippen molar-refractivity contribution in [1.82, 2.24) is 4.90 Å². The van der Waals surface area contributed by atoms with Crippen molar-refractivity contribution in [2.45, 2.75) is 49.9 Å². The summed E-state index contributed by atoms with van der Waals surface area (Å²) >= 11 is -3.13. The maximum absolute atomic E-state index is 6.09. The molecule has 0 spiro atoms. The van der Waals surface area contributed by atoms with E-state index < -0.39 is 19.6 Å². The molecule has 3 fully saturated rings. The number of hydrogen-bond donors (Lipinski definition) is 0. The number of fused-ring (bicyclic) bond motifs is 6. The molecule has 3 rings (SSSR count). The molecule has 2 bridgehead atoms. The minimum atomic E-state index is -3.13. The molecule has 3 aliphatic rings. The van der Waals surface area contributed by atoms with Gasteiger partial charge in [0.15, 0.2) is 0 Å². The maximum atomic E-state index is 6.09. The third-order valence-corrected chi connectivity index (χ3v) is 12.3. The van der Waals surface area contributed by atoms with Crippen LogP contribution in [0.5, 0.6) is 0 Å². The molecule has 0 aromatic carbocycles. The predicted octanol–water partition coefficient (Wildman–Crippen LogP) is 2.66. The van der Waals surface area contributed by atoms with Crippen LogP contribution in [0.25, 0.3) is 0 Å². The third kappa shape index (κ3) is 5.50. The molecule has 0 aromatic rings. The van der Waals surface area contributed by atoms with E-state index in [2.05, 4.69) is 11.8 Å². The summed E-state index contributed by atoms with van der Waals surface area (Å²) in [7, 11) is 0. The van der Waals surface area contributed by atoms with Crippen molar-refractivity contribution in [2.75, 3.05) is 39.5 Å². The Labute approximate surface area is 123 Å². The molecule has 3 saturated heterocycles. The Morgan fingerprint density at radius 3 is 1.89 bits per heavy atom. The van der Waals surface area contributed by atoms with Crippen molar-refractivity contribution in [3.05, 3.63) is 0 Å². The van der Waals surface area contributed by atoms with Crippen LogP contribution in [-0.2, 0) is 9.22 Å². The van der Waals surface area contributed by atoms with Crippen molar-refractivity contribution >= 4 is 19.6 Å². The zero-order valence-corrected chi connectivity index (χ0v) is 15.2. The van der Waals surface area contributed by atoms with E-state index in [1.807, 2.05) is 0 Å². The second-order valence-corrected chi connectivity index (χ2v) is 13.4. The van der Waals surface area contributed by atoms with E-state index in [1.165, 1.54) is 38.5 Å². The SMILES string of the molecule is CCCCCCC[CH2][Sn]12[O]CCN(CC[O]1)CC[O]2. The molecule has 3 aliphatic heterocycles. The first-order valence-corrected chi connectivity index (χ1v) is 13.5. The van der Waals surface area contributed by atoms with Crippen LogP contribution in [0.3, 0.4) is 0 Å². The third-order valence-electron chi connectivity index (χ3n) is 4.02. The van der Waals surface area contributed by atoms with E-state index in [-0.39, 0.29) is 0 Å². The molecular formula is C14H29NO3Sn. The molecule has 4 nitrogen and oxygen atoms in total. The van der Waals surface area contributed by atoms with Gasteiger partial charge in [-0.25, -0.2) is 0 Å². The van der Waals surface area contributed by atoms with Gasteiger partial charge in [0.2, 0.25) is 0 Å². The molecule has 0 amide bonds. The topological polar surface area (TPSA) is 30.9 Å². The molecule has 0 saturated carbocycles. The predicted molar refractivity (Wildman–Crippen MR) is 78.2 cm³/mol. The zero-order valence-electron chi connectivity index (χ0n) is 12.4. The summed E-state index contributed by atoms with van der Waals surface area (Å²) in [6.07, 6.45) is 7.94. The van der Waals surface area contributed by atoms with Crippen molar-refractivity contribution < 1.29 is 9.22 Å². The standard InChI is InChI=1S/C8H17.C6H12NO3.Sn/c1-3-5-7-8-6-4-2;8-4-1-7(2-5-9)3-6-10;/h1,3-8H2,2H3;1-6H2;/q;-3;+3. The van der Waals surface area contributed by atoms with Gasteiger partial charge in [-0.15, -0.1) is 0 Å². The molecule has 0 aliphatic carbocycles. The van der Waals surface area contributed by atoms with Gasteiger partial charge < -0.3 is 0 Å². The van der Waals surface area contributed by atoms with E-state index >= 15 is 0 Å². The van der Waals surface area contributed by atoms with Gasteiger partial charge in [-0.3, -0.25) is 0 Å². The molecule has 0 unspecified atom stereocenters. The van der Waals surface area contributed by atoms with Crippen LogP contribution in [0.1, 0.15) is 45.4 Å². The average Bonchev–Trinajstić information content (AvgIpc) is 2.34. The van der Waals surface area contributed by atoms with Crippen molar-refractivity contribution in [1.29, 1.82) is 0 Å². The number of hydrogen-bond acceptors (Lipinski definition) is 4. The number of unbranched alkanes of at least 4 members (excludes halogenated alkanes) is 5. The second kappa shape index (κ2) is 8.82. The van der Waals surface area contributed by atoms with Gasteiger partial charge in [-0.2, -0.15) is 0 Å². The van der Waals surface area contributed by atoms with E-state index in [9.17, 15) is 0 Å². The van der Waals surface area contributed by atoms with E-state index in [0.717, 1.165) is 43.9 Å². The summed E-state index contributed by atoms with van der Waals surface area (Å²) in [5.74, 6) is 0. The second-order valence-electron chi connectivity index (χ2n) is 5.59. The Morgan fingerprint density at radius 2 is 1.32 bits per heavy atom. The Hall–Kier alpha value is 0.639. The molecule has 112 valence electrons. The summed E-state index contributed by atoms with van der Waals surface area (Å²) in [4.78, 5) is 2.37.